The van der Waals surface area contributed by atoms with Crippen LogP contribution in [0.2, 0.25) is 0 Å². The van der Waals surface area contributed by atoms with Crippen LogP contribution in [-0.4, -0.2) is 28.3 Å². The Labute approximate surface area is 178 Å². The van der Waals surface area contributed by atoms with Gasteiger partial charge in [-0.1, -0.05) is 42.5 Å². The van der Waals surface area contributed by atoms with E-state index in [1.807, 2.05) is 38.1 Å². The van der Waals surface area contributed by atoms with Gasteiger partial charge in [-0.3, -0.25) is 10.1 Å². The molecule has 1 fully saturated rings. The van der Waals surface area contributed by atoms with Crippen LogP contribution >= 0.6 is 11.3 Å². The predicted molar refractivity (Wildman–Crippen MR) is 116 cm³/mol. The second-order valence-corrected chi connectivity index (χ2v) is 8.35. The van der Waals surface area contributed by atoms with Crippen molar-refractivity contribution in [1.82, 2.24) is 15.3 Å². The molecule has 2 N–H and O–H groups in total. The average Bonchev–Trinajstić information content (AvgIpc) is 3.39. The fraction of sp³-hybridized carbons (Fsp3) is 0.364. The fourth-order valence-electron chi connectivity index (χ4n) is 3.14. The van der Waals surface area contributed by atoms with E-state index in [1.54, 1.807) is 6.20 Å². The molecule has 1 aliphatic carbocycles. The summed E-state index contributed by atoms with van der Waals surface area (Å²) in [4.78, 5) is 33.9. The molecule has 2 heterocycles. The van der Waals surface area contributed by atoms with Gasteiger partial charge >= 0.3 is 6.03 Å². The number of rotatable bonds is 8. The molecule has 2 aromatic heterocycles. The number of carbonyl (C=O) groups is 2. The summed E-state index contributed by atoms with van der Waals surface area (Å²) in [6, 6.07) is 7.33. The molecule has 0 radical (unpaired) electrons. The second-order valence-electron chi connectivity index (χ2n) is 7.35. The summed E-state index contributed by atoms with van der Waals surface area (Å²) in [7, 11) is 0. The van der Waals surface area contributed by atoms with E-state index < -0.39 is 0 Å². The van der Waals surface area contributed by atoms with Crippen molar-refractivity contribution in [1.29, 1.82) is 0 Å². The highest BCUT2D eigenvalue weighted by atomic mass is 32.1. The molecular weight excluding hydrogens is 400 g/mol. The minimum atomic E-state index is -0.317. The molecular formula is C22H24N4O3S. The highest BCUT2D eigenvalue weighted by Crippen LogP contribution is 2.35. The molecule has 0 atom stereocenters. The summed E-state index contributed by atoms with van der Waals surface area (Å²) in [6.45, 7) is 4.33. The number of Topliss-reactive ketones (excluding diaryl/α,β-unsaturated/α-hetero) is 1. The van der Waals surface area contributed by atoms with Gasteiger partial charge in [-0.2, -0.15) is 0 Å². The highest BCUT2D eigenvalue weighted by Gasteiger charge is 2.30. The van der Waals surface area contributed by atoms with Crippen molar-refractivity contribution in [3.05, 3.63) is 53.4 Å². The Balaban J connectivity index is 1.32. The SMILES string of the molecule is CCc1cnc(CCNC(=O)Nc2nc(C)c(-c3ccc(C(=O)C4CC4)cc3)s2)o1. The first-order valence-corrected chi connectivity index (χ1v) is 11.0. The van der Waals surface area contributed by atoms with Gasteiger partial charge in [-0.15, -0.1) is 0 Å². The van der Waals surface area contributed by atoms with E-state index in [-0.39, 0.29) is 17.7 Å². The van der Waals surface area contributed by atoms with Crippen molar-refractivity contribution < 1.29 is 14.0 Å². The Kier molecular flexibility index (Phi) is 5.94. The molecule has 156 valence electrons. The van der Waals surface area contributed by atoms with Crippen LogP contribution in [0.5, 0.6) is 0 Å². The van der Waals surface area contributed by atoms with E-state index in [0.29, 0.717) is 24.0 Å². The van der Waals surface area contributed by atoms with Gasteiger partial charge in [-0.05, 0) is 25.3 Å². The van der Waals surface area contributed by atoms with Gasteiger partial charge in [0.15, 0.2) is 16.8 Å². The summed E-state index contributed by atoms with van der Waals surface area (Å²) in [6.07, 6.45) is 5.05. The summed E-state index contributed by atoms with van der Waals surface area (Å²) in [5, 5.41) is 6.10. The van der Waals surface area contributed by atoms with E-state index in [4.69, 9.17) is 4.42 Å². The number of oxazole rings is 1. The summed E-state index contributed by atoms with van der Waals surface area (Å²) >= 11 is 1.41. The Morgan fingerprint density at radius 3 is 2.67 bits per heavy atom. The summed E-state index contributed by atoms with van der Waals surface area (Å²) in [5.74, 6) is 1.90. The molecule has 3 aromatic rings. The molecule has 7 nitrogen and oxygen atoms in total. The number of nitrogens with zero attached hydrogens (tertiary/aromatic N) is 2. The van der Waals surface area contributed by atoms with Crippen molar-refractivity contribution >= 4 is 28.3 Å². The number of aryl methyl sites for hydroxylation is 2. The number of amides is 2. The topological polar surface area (TPSA) is 97.1 Å². The number of thiazole rings is 1. The lowest BCUT2D eigenvalue weighted by atomic mass is 10.0. The van der Waals surface area contributed by atoms with Gasteiger partial charge in [-0.25, -0.2) is 14.8 Å². The average molecular weight is 425 g/mol. The zero-order chi connectivity index (χ0) is 21.1. The predicted octanol–water partition coefficient (Wildman–Crippen LogP) is 4.63. The first kappa shape index (κ1) is 20.3. The van der Waals surface area contributed by atoms with E-state index in [1.165, 1.54) is 11.3 Å². The van der Waals surface area contributed by atoms with Crippen LogP contribution in [0, 0.1) is 12.8 Å². The lowest BCUT2D eigenvalue weighted by Crippen LogP contribution is -2.30. The lowest BCUT2D eigenvalue weighted by Gasteiger charge is -2.03. The van der Waals surface area contributed by atoms with Crippen LogP contribution in [0.15, 0.2) is 34.9 Å². The zero-order valence-electron chi connectivity index (χ0n) is 17.0. The zero-order valence-corrected chi connectivity index (χ0v) is 17.8. The molecule has 0 spiro atoms. The number of benzene rings is 1. The monoisotopic (exact) mass is 424 g/mol. The van der Waals surface area contributed by atoms with Crippen LogP contribution < -0.4 is 10.6 Å². The molecule has 8 heteroatoms. The van der Waals surface area contributed by atoms with Crippen molar-refractivity contribution in [3.8, 4) is 10.4 Å². The smallest absolute Gasteiger partial charge is 0.321 e. The van der Waals surface area contributed by atoms with Crippen molar-refractivity contribution in [3.63, 3.8) is 0 Å². The maximum absolute atomic E-state index is 12.2. The minimum absolute atomic E-state index is 0.215. The Morgan fingerprint density at radius 1 is 1.23 bits per heavy atom. The maximum Gasteiger partial charge on any atom is 0.321 e. The number of hydrogen-bond donors (Lipinski definition) is 2. The van der Waals surface area contributed by atoms with Crippen LogP contribution in [0.25, 0.3) is 10.4 Å². The number of carbonyl (C=O) groups excluding carboxylic acids is 2. The quantitative estimate of drug-likeness (QED) is 0.514. The Morgan fingerprint density at radius 2 is 2.00 bits per heavy atom. The third-order valence-corrected chi connectivity index (χ3v) is 6.09. The van der Waals surface area contributed by atoms with Crippen LogP contribution in [0.4, 0.5) is 9.93 Å². The van der Waals surface area contributed by atoms with Crippen molar-refractivity contribution in [2.75, 3.05) is 11.9 Å². The van der Waals surface area contributed by atoms with Crippen LogP contribution in [-0.2, 0) is 12.8 Å². The van der Waals surface area contributed by atoms with Gasteiger partial charge < -0.3 is 9.73 Å². The second kappa shape index (κ2) is 8.79. The maximum atomic E-state index is 12.2. The molecule has 1 saturated carbocycles. The van der Waals surface area contributed by atoms with Crippen LogP contribution in [0.3, 0.4) is 0 Å². The minimum Gasteiger partial charge on any atom is -0.446 e. The number of aromatic nitrogens is 2. The van der Waals surface area contributed by atoms with Gasteiger partial charge in [0.1, 0.15) is 5.76 Å². The van der Waals surface area contributed by atoms with Gasteiger partial charge in [0, 0.05) is 30.9 Å². The fourth-order valence-corrected chi connectivity index (χ4v) is 4.10. The lowest BCUT2D eigenvalue weighted by molar-refractivity contribution is 0.0967. The first-order chi connectivity index (χ1) is 14.5. The number of anilines is 1. The van der Waals surface area contributed by atoms with Gasteiger partial charge in [0.2, 0.25) is 0 Å². The van der Waals surface area contributed by atoms with E-state index in [0.717, 1.165) is 46.7 Å². The molecule has 0 unspecified atom stereocenters. The van der Waals surface area contributed by atoms with E-state index in [2.05, 4.69) is 20.6 Å². The first-order valence-electron chi connectivity index (χ1n) is 10.1. The van der Waals surface area contributed by atoms with Crippen molar-refractivity contribution in [2.24, 2.45) is 5.92 Å². The van der Waals surface area contributed by atoms with E-state index in [9.17, 15) is 9.59 Å². The number of ketones is 1. The van der Waals surface area contributed by atoms with Crippen LogP contribution in [0.1, 0.15) is 47.5 Å². The number of hydrogen-bond acceptors (Lipinski definition) is 6. The molecule has 1 aliphatic rings. The van der Waals surface area contributed by atoms with E-state index >= 15 is 0 Å². The molecule has 0 bridgehead atoms. The van der Waals surface area contributed by atoms with Gasteiger partial charge in [0.05, 0.1) is 16.8 Å². The molecule has 1 aromatic carbocycles. The van der Waals surface area contributed by atoms with Gasteiger partial charge in [0.25, 0.3) is 0 Å². The Hall–Kier alpha value is -3.00. The third-order valence-electron chi connectivity index (χ3n) is 4.97. The standard InChI is InChI=1S/C22H24N4O3S/c1-3-17-12-24-18(29-17)10-11-23-21(28)26-22-25-13(2)20(30-22)16-8-6-15(7-9-16)19(27)14-4-5-14/h6-9,12,14H,3-5,10-11H2,1-2H3,(H2,23,25,26,28). The normalized spacial score (nSPS) is 13.3. The molecule has 0 saturated heterocycles. The summed E-state index contributed by atoms with van der Waals surface area (Å²) in [5.41, 5.74) is 2.59. The highest BCUT2D eigenvalue weighted by molar-refractivity contribution is 7.19. The molecule has 2 amide bonds. The third kappa shape index (κ3) is 4.76. The number of nitrogens with one attached hydrogen (secondary N) is 2. The largest absolute Gasteiger partial charge is 0.446 e. The number of urea groups is 1. The van der Waals surface area contributed by atoms with Crippen molar-refractivity contribution in [2.45, 2.75) is 39.5 Å². The summed E-state index contributed by atoms with van der Waals surface area (Å²) < 4.78 is 5.53. The Bertz CT molecular complexity index is 1050. The molecule has 30 heavy (non-hydrogen) atoms. The molecule has 0 aliphatic heterocycles. The molecule has 4 rings (SSSR count).